The molecular formula is C10H9FN4. The van der Waals surface area contributed by atoms with Gasteiger partial charge in [-0.2, -0.15) is 5.10 Å². The number of anilines is 1. The first-order chi connectivity index (χ1) is 7.34. The fraction of sp³-hybridized carbons (Fsp3) is 0.200. The molecule has 2 heterocycles. The monoisotopic (exact) mass is 204 g/mol. The largest absolute Gasteiger partial charge is 0.383 e. The first-order valence-electron chi connectivity index (χ1n) is 4.76. The third-order valence-electron chi connectivity index (χ3n) is 2.48. The second-order valence-electron chi connectivity index (χ2n) is 3.42. The molecular weight excluding hydrogens is 195 g/mol. The maximum atomic E-state index is 13.1. The van der Waals surface area contributed by atoms with E-state index >= 15 is 0 Å². The summed E-state index contributed by atoms with van der Waals surface area (Å²) in [7, 11) is 0. The van der Waals surface area contributed by atoms with Crippen molar-refractivity contribution in [1.82, 2.24) is 14.8 Å². The van der Waals surface area contributed by atoms with Crippen molar-refractivity contribution in [2.75, 3.05) is 11.9 Å². The molecule has 0 unspecified atom stereocenters. The topological polar surface area (TPSA) is 42.7 Å². The number of rotatable bonds is 0. The van der Waals surface area contributed by atoms with Crippen LogP contribution in [-0.4, -0.2) is 21.3 Å². The highest BCUT2D eigenvalue weighted by atomic mass is 19.1. The van der Waals surface area contributed by atoms with Crippen LogP contribution in [0.3, 0.4) is 0 Å². The molecule has 0 saturated heterocycles. The fourth-order valence-corrected chi connectivity index (χ4v) is 1.79. The Kier molecular flexibility index (Phi) is 1.71. The average Bonchev–Trinajstić information content (AvgIpc) is 2.62. The molecule has 0 saturated carbocycles. The van der Waals surface area contributed by atoms with Gasteiger partial charge in [0.15, 0.2) is 5.82 Å². The Bertz CT molecular complexity index is 506. The summed E-state index contributed by atoms with van der Waals surface area (Å²) in [4.78, 5) is 4.14. The Balaban J connectivity index is 2.27. The zero-order valence-corrected chi connectivity index (χ0v) is 7.94. The summed E-state index contributed by atoms with van der Waals surface area (Å²) in [5.74, 6) is 0.460. The lowest BCUT2D eigenvalue weighted by Gasteiger charge is -2.05. The van der Waals surface area contributed by atoms with E-state index in [-0.39, 0.29) is 5.82 Å². The minimum atomic E-state index is -0.257. The number of hydrogen-bond acceptors (Lipinski definition) is 3. The van der Waals surface area contributed by atoms with E-state index in [4.69, 9.17) is 0 Å². The number of fused-ring (bicyclic) bond motifs is 3. The highest BCUT2D eigenvalue weighted by molar-refractivity contribution is 5.74. The van der Waals surface area contributed by atoms with E-state index < -0.39 is 0 Å². The van der Waals surface area contributed by atoms with E-state index in [1.807, 2.05) is 0 Å². The predicted octanol–water partition coefficient (Wildman–Crippen LogP) is 1.51. The van der Waals surface area contributed by atoms with Gasteiger partial charge in [0.25, 0.3) is 0 Å². The molecule has 5 heteroatoms. The van der Waals surface area contributed by atoms with Crippen LogP contribution in [0.25, 0.3) is 11.4 Å². The maximum absolute atomic E-state index is 13.1. The third-order valence-corrected chi connectivity index (χ3v) is 2.48. The number of nitrogens with zero attached hydrogens (tertiary/aromatic N) is 3. The summed E-state index contributed by atoms with van der Waals surface area (Å²) in [5.41, 5.74) is 1.67. The second kappa shape index (κ2) is 3.05. The van der Waals surface area contributed by atoms with Crippen molar-refractivity contribution >= 4 is 5.69 Å². The lowest BCUT2D eigenvalue weighted by Crippen LogP contribution is -2.08. The lowest BCUT2D eigenvalue weighted by molar-refractivity contribution is 0.627. The molecule has 1 aromatic heterocycles. The van der Waals surface area contributed by atoms with Crippen molar-refractivity contribution in [3.63, 3.8) is 0 Å². The quantitative estimate of drug-likeness (QED) is 0.707. The molecule has 1 aromatic carbocycles. The van der Waals surface area contributed by atoms with Gasteiger partial charge in [0.05, 0.1) is 6.54 Å². The van der Waals surface area contributed by atoms with Gasteiger partial charge in [-0.3, -0.25) is 0 Å². The van der Waals surface area contributed by atoms with Gasteiger partial charge in [-0.1, -0.05) is 0 Å². The minimum absolute atomic E-state index is 0.257. The van der Waals surface area contributed by atoms with Crippen LogP contribution < -0.4 is 5.32 Å². The van der Waals surface area contributed by atoms with Gasteiger partial charge in [0, 0.05) is 17.8 Å². The van der Waals surface area contributed by atoms with Gasteiger partial charge in [-0.15, -0.1) is 0 Å². The summed E-state index contributed by atoms with van der Waals surface area (Å²) in [6.07, 6.45) is 1.50. The summed E-state index contributed by atoms with van der Waals surface area (Å²) < 4.78 is 14.9. The van der Waals surface area contributed by atoms with E-state index in [2.05, 4.69) is 15.4 Å². The number of nitrogens with one attached hydrogen (secondary N) is 1. The van der Waals surface area contributed by atoms with Gasteiger partial charge in [0.2, 0.25) is 0 Å². The smallest absolute Gasteiger partial charge is 0.160 e. The minimum Gasteiger partial charge on any atom is -0.383 e. The van der Waals surface area contributed by atoms with Crippen LogP contribution in [0, 0.1) is 5.82 Å². The Morgan fingerprint density at radius 1 is 1.40 bits per heavy atom. The molecule has 3 rings (SSSR count). The Hall–Kier alpha value is -1.91. The van der Waals surface area contributed by atoms with Gasteiger partial charge in [0.1, 0.15) is 12.1 Å². The third kappa shape index (κ3) is 1.27. The number of aromatic nitrogens is 3. The molecule has 0 amide bonds. The van der Waals surface area contributed by atoms with Crippen LogP contribution in [0.5, 0.6) is 0 Å². The van der Waals surface area contributed by atoms with E-state index in [0.717, 1.165) is 30.2 Å². The first kappa shape index (κ1) is 8.40. The van der Waals surface area contributed by atoms with E-state index in [1.165, 1.54) is 18.5 Å². The Morgan fingerprint density at radius 2 is 2.33 bits per heavy atom. The van der Waals surface area contributed by atoms with Crippen LogP contribution in [-0.2, 0) is 6.54 Å². The molecule has 0 atom stereocenters. The highest BCUT2D eigenvalue weighted by Crippen LogP contribution is 2.28. The number of benzene rings is 1. The molecule has 0 spiro atoms. The molecule has 1 N–H and O–H groups in total. The van der Waals surface area contributed by atoms with Gasteiger partial charge in [-0.25, -0.2) is 14.1 Å². The standard InChI is InChI=1S/C10H9FN4/c11-7-1-2-9-8(5-7)10-13-6-14-15(10)4-3-12-9/h1-2,5-6,12H,3-4H2. The molecule has 15 heavy (non-hydrogen) atoms. The van der Waals surface area contributed by atoms with Crippen LogP contribution in [0.15, 0.2) is 24.5 Å². The van der Waals surface area contributed by atoms with E-state index in [1.54, 1.807) is 10.7 Å². The molecule has 0 bridgehead atoms. The summed E-state index contributed by atoms with van der Waals surface area (Å²) in [5, 5.41) is 7.31. The van der Waals surface area contributed by atoms with E-state index in [9.17, 15) is 4.39 Å². The normalized spacial score (nSPS) is 13.7. The van der Waals surface area contributed by atoms with E-state index in [0.29, 0.717) is 0 Å². The molecule has 76 valence electrons. The molecule has 4 nitrogen and oxygen atoms in total. The van der Waals surface area contributed by atoms with Gasteiger partial charge < -0.3 is 5.32 Å². The van der Waals surface area contributed by atoms with Crippen LogP contribution in [0.2, 0.25) is 0 Å². The van der Waals surface area contributed by atoms with Crippen molar-refractivity contribution in [2.24, 2.45) is 0 Å². The Morgan fingerprint density at radius 3 is 3.27 bits per heavy atom. The molecule has 1 aliphatic heterocycles. The van der Waals surface area contributed by atoms with Crippen molar-refractivity contribution < 1.29 is 4.39 Å². The first-order valence-corrected chi connectivity index (χ1v) is 4.76. The molecule has 2 aromatic rings. The molecule has 1 aliphatic rings. The molecule has 0 fully saturated rings. The Labute approximate surface area is 85.8 Å². The van der Waals surface area contributed by atoms with Crippen LogP contribution >= 0.6 is 0 Å². The number of hydrogen-bond donors (Lipinski definition) is 1. The van der Waals surface area contributed by atoms with Gasteiger partial charge in [-0.05, 0) is 18.2 Å². The molecule has 0 aliphatic carbocycles. The zero-order valence-electron chi connectivity index (χ0n) is 7.94. The summed E-state index contributed by atoms with van der Waals surface area (Å²) >= 11 is 0. The van der Waals surface area contributed by atoms with Crippen molar-refractivity contribution in [1.29, 1.82) is 0 Å². The summed E-state index contributed by atoms with van der Waals surface area (Å²) in [6.45, 7) is 1.51. The highest BCUT2D eigenvalue weighted by Gasteiger charge is 2.15. The fourth-order valence-electron chi connectivity index (χ4n) is 1.79. The van der Waals surface area contributed by atoms with Crippen LogP contribution in [0.4, 0.5) is 10.1 Å². The van der Waals surface area contributed by atoms with Crippen molar-refractivity contribution in [3.8, 4) is 11.4 Å². The van der Waals surface area contributed by atoms with Crippen LogP contribution in [0.1, 0.15) is 0 Å². The predicted molar refractivity (Wildman–Crippen MR) is 53.9 cm³/mol. The zero-order chi connectivity index (χ0) is 10.3. The maximum Gasteiger partial charge on any atom is 0.160 e. The van der Waals surface area contributed by atoms with Crippen molar-refractivity contribution in [3.05, 3.63) is 30.3 Å². The number of halogens is 1. The summed E-state index contributed by atoms with van der Waals surface area (Å²) in [6, 6.07) is 4.65. The SMILES string of the molecule is Fc1ccc2c(c1)-c1ncnn1CCN2. The van der Waals surface area contributed by atoms with Gasteiger partial charge >= 0.3 is 0 Å². The van der Waals surface area contributed by atoms with Crippen molar-refractivity contribution in [2.45, 2.75) is 6.54 Å². The lowest BCUT2D eigenvalue weighted by atomic mass is 10.1. The second-order valence-corrected chi connectivity index (χ2v) is 3.42. The average molecular weight is 204 g/mol. The molecule has 0 radical (unpaired) electrons.